The fraction of sp³-hybridized carbons (Fsp3) is 0.467. The van der Waals surface area contributed by atoms with Gasteiger partial charge in [-0.05, 0) is 42.5 Å². The third-order valence-corrected chi connectivity index (χ3v) is 8.34. The molecule has 0 amide bonds. The van der Waals surface area contributed by atoms with Crippen LogP contribution in [-0.2, 0) is 16.6 Å². The van der Waals surface area contributed by atoms with E-state index in [0.717, 1.165) is 64.2 Å². The number of hydrogen-bond acceptors (Lipinski definition) is 5. The van der Waals surface area contributed by atoms with Crippen LogP contribution in [0.4, 0.5) is 5.69 Å². The van der Waals surface area contributed by atoms with Crippen LogP contribution in [-0.4, -0.2) is 66.0 Å². The highest BCUT2D eigenvalue weighted by atomic mass is 16.5. The zero-order valence-corrected chi connectivity index (χ0v) is 22.0. The first-order valence-electron chi connectivity index (χ1n) is 13.3. The molecule has 2 saturated heterocycles. The largest absolute Gasteiger partial charge is 0.478 e. The van der Waals surface area contributed by atoms with Gasteiger partial charge in [0.2, 0.25) is 0 Å². The summed E-state index contributed by atoms with van der Waals surface area (Å²) in [6.45, 7) is 11.9. The summed E-state index contributed by atoms with van der Waals surface area (Å²) in [5, 5.41) is 20.9. The van der Waals surface area contributed by atoms with Gasteiger partial charge in [0, 0.05) is 48.7 Å². The molecule has 0 spiro atoms. The van der Waals surface area contributed by atoms with Gasteiger partial charge in [0.1, 0.15) is 0 Å². The number of hydrogen-bond donors (Lipinski definition) is 1. The van der Waals surface area contributed by atoms with Gasteiger partial charge in [-0.1, -0.05) is 51.1 Å². The summed E-state index contributed by atoms with van der Waals surface area (Å²) in [4.78, 5) is 17.5. The average Bonchev–Trinajstić information content (AvgIpc) is 3.29. The molecular weight excluding hydrogens is 464 g/mol. The Morgan fingerprint density at radius 1 is 1.11 bits per heavy atom. The predicted molar refractivity (Wildman–Crippen MR) is 145 cm³/mol. The number of fused-ring (bicyclic) bond motifs is 1. The van der Waals surface area contributed by atoms with E-state index in [9.17, 15) is 15.2 Å². The number of anilines is 1. The van der Waals surface area contributed by atoms with E-state index in [2.05, 4.69) is 41.1 Å². The maximum atomic E-state index is 12.5. The van der Waals surface area contributed by atoms with Crippen LogP contribution < -0.4 is 4.90 Å². The third-order valence-electron chi connectivity index (χ3n) is 8.34. The lowest BCUT2D eigenvalue weighted by atomic mass is 9.78. The quantitative estimate of drug-likeness (QED) is 0.521. The Morgan fingerprint density at radius 3 is 2.46 bits per heavy atom. The van der Waals surface area contributed by atoms with Gasteiger partial charge in [0.25, 0.3) is 0 Å². The number of morpholine rings is 1. The van der Waals surface area contributed by atoms with Crippen LogP contribution in [0.3, 0.4) is 0 Å². The Bertz CT molecular complexity index is 1340. The zero-order chi connectivity index (χ0) is 26.2. The number of nitriles is 1. The molecule has 0 unspecified atom stereocenters. The first-order chi connectivity index (χ1) is 17.9. The van der Waals surface area contributed by atoms with Crippen molar-refractivity contribution >= 4 is 22.6 Å². The molecule has 7 nitrogen and oxygen atoms in total. The highest BCUT2D eigenvalue weighted by molar-refractivity contribution is 6.06. The number of rotatable bonds is 6. The Kier molecular flexibility index (Phi) is 6.98. The fourth-order valence-corrected chi connectivity index (χ4v) is 6.25. The fourth-order valence-electron chi connectivity index (χ4n) is 6.25. The van der Waals surface area contributed by atoms with E-state index in [-0.39, 0.29) is 5.56 Å². The molecule has 2 fully saturated rings. The van der Waals surface area contributed by atoms with E-state index >= 15 is 0 Å². The van der Waals surface area contributed by atoms with Crippen LogP contribution in [0.2, 0.25) is 0 Å². The molecule has 194 valence electrons. The van der Waals surface area contributed by atoms with Crippen molar-refractivity contribution in [2.45, 2.75) is 51.5 Å². The number of piperidine rings is 1. The van der Waals surface area contributed by atoms with Gasteiger partial charge < -0.3 is 14.7 Å². The number of aromatic nitrogens is 1. The van der Waals surface area contributed by atoms with Crippen molar-refractivity contribution in [2.75, 3.05) is 44.3 Å². The minimum atomic E-state index is -1.01. The second kappa shape index (κ2) is 10.2. The number of ether oxygens (including phenoxy) is 1. The molecule has 2 aromatic carbocycles. The van der Waals surface area contributed by atoms with Crippen molar-refractivity contribution in [2.24, 2.45) is 0 Å². The Morgan fingerprint density at radius 2 is 1.81 bits per heavy atom. The molecule has 1 aromatic heterocycles. The molecule has 0 atom stereocenters. The number of benzene rings is 2. The second-order valence-corrected chi connectivity index (χ2v) is 10.7. The third kappa shape index (κ3) is 4.49. The highest BCUT2D eigenvalue weighted by Crippen LogP contribution is 2.41. The van der Waals surface area contributed by atoms with Crippen molar-refractivity contribution in [1.29, 1.82) is 5.26 Å². The molecule has 5 rings (SSSR count). The van der Waals surface area contributed by atoms with Crippen LogP contribution in [0.1, 0.15) is 60.8 Å². The summed E-state index contributed by atoms with van der Waals surface area (Å²) in [6, 6.07) is 14.4. The molecule has 0 aliphatic carbocycles. The van der Waals surface area contributed by atoms with Crippen molar-refractivity contribution in [1.82, 2.24) is 9.47 Å². The summed E-state index contributed by atoms with van der Waals surface area (Å²) in [5.74, 6) is -1.01. The second-order valence-electron chi connectivity index (χ2n) is 10.7. The van der Waals surface area contributed by atoms with Crippen molar-refractivity contribution in [3.63, 3.8) is 0 Å². The summed E-state index contributed by atoms with van der Waals surface area (Å²) in [7, 11) is 0. The van der Waals surface area contributed by atoms with Gasteiger partial charge in [-0.2, -0.15) is 5.26 Å². The minimum Gasteiger partial charge on any atom is -0.478 e. The summed E-state index contributed by atoms with van der Waals surface area (Å²) in [6.07, 6.45) is 5.44. The molecule has 7 heteroatoms. The smallest absolute Gasteiger partial charge is 0.338 e. The Balaban J connectivity index is 1.52. The number of nitrogens with zero attached hydrogens (tertiary/aromatic N) is 4. The van der Waals surface area contributed by atoms with Gasteiger partial charge in [0.05, 0.1) is 30.0 Å². The van der Waals surface area contributed by atoms with E-state index in [1.165, 1.54) is 15.8 Å². The van der Waals surface area contributed by atoms with Crippen LogP contribution >= 0.6 is 0 Å². The number of aryl methyl sites for hydroxylation is 1. The summed E-state index contributed by atoms with van der Waals surface area (Å²) >= 11 is 0. The monoisotopic (exact) mass is 500 g/mol. The molecule has 2 aliphatic heterocycles. The van der Waals surface area contributed by atoms with Crippen LogP contribution in [0.15, 0.2) is 42.5 Å². The van der Waals surface area contributed by atoms with Crippen molar-refractivity contribution in [3.8, 4) is 6.19 Å². The molecular formula is C30H36N4O3. The van der Waals surface area contributed by atoms with E-state index < -0.39 is 11.4 Å². The lowest BCUT2D eigenvalue weighted by Crippen LogP contribution is -2.49. The summed E-state index contributed by atoms with van der Waals surface area (Å²) < 4.78 is 7.04. The molecule has 0 saturated carbocycles. The topological polar surface area (TPSA) is 81.7 Å². The number of carboxylic acid groups (broad SMARTS) is 1. The Hall–Kier alpha value is -3.34. The first-order valence-corrected chi connectivity index (χ1v) is 13.3. The minimum absolute atomic E-state index is 0.203. The van der Waals surface area contributed by atoms with Gasteiger partial charge in [-0.25, -0.2) is 9.36 Å². The van der Waals surface area contributed by atoms with Crippen LogP contribution in [0.25, 0.3) is 10.9 Å². The number of carbonyl (C=O) groups is 1. The van der Waals surface area contributed by atoms with Gasteiger partial charge >= 0.3 is 5.97 Å². The number of carboxylic acids is 1. The van der Waals surface area contributed by atoms with E-state index in [1.54, 1.807) is 6.07 Å². The normalized spacial score (nSPS) is 17.7. The average molecular weight is 501 g/mol. The maximum Gasteiger partial charge on any atom is 0.338 e. The standard InChI is InChI=1S/C30H36N4O3/c1-4-21-9-10-22(19-26(21)33-13-11-23(12-14-33)32-15-17-37-18-16-32)30(2,3)28-27(29(35)36)24-7-5-6-8-25(24)34(28)20-31/h5-10,19,23H,4,11-18H2,1-3H3,(H,35,36). The van der Waals surface area contributed by atoms with Crippen molar-refractivity contribution in [3.05, 3.63) is 64.8 Å². The number of aromatic carboxylic acids is 1. The van der Waals surface area contributed by atoms with Gasteiger partial charge in [0.15, 0.2) is 6.19 Å². The van der Waals surface area contributed by atoms with Crippen LogP contribution in [0, 0.1) is 11.5 Å². The van der Waals surface area contributed by atoms with E-state index in [4.69, 9.17) is 4.74 Å². The maximum absolute atomic E-state index is 12.5. The Labute approximate surface area is 218 Å². The van der Waals surface area contributed by atoms with E-state index in [0.29, 0.717) is 22.6 Å². The SMILES string of the molecule is CCc1ccc(C(C)(C)c2c(C(=O)O)c3ccccc3n2C#N)cc1N1CCC(N2CCOCC2)CC1. The zero-order valence-electron chi connectivity index (χ0n) is 22.0. The van der Waals surface area contributed by atoms with Crippen LogP contribution in [0.5, 0.6) is 0 Å². The molecule has 1 N–H and O–H groups in total. The first kappa shape index (κ1) is 25.3. The number of para-hydroxylation sites is 1. The molecule has 0 radical (unpaired) electrons. The highest BCUT2D eigenvalue weighted by Gasteiger charge is 2.36. The molecule has 3 heterocycles. The molecule has 3 aromatic rings. The molecule has 37 heavy (non-hydrogen) atoms. The predicted octanol–water partition coefficient (Wildman–Crippen LogP) is 4.86. The van der Waals surface area contributed by atoms with Gasteiger partial charge in [-0.3, -0.25) is 4.90 Å². The lowest BCUT2D eigenvalue weighted by molar-refractivity contribution is 0.0115. The van der Waals surface area contributed by atoms with Gasteiger partial charge in [-0.15, -0.1) is 0 Å². The lowest BCUT2D eigenvalue weighted by Gasteiger charge is -2.41. The van der Waals surface area contributed by atoms with Crippen molar-refractivity contribution < 1.29 is 14.6 Å². The van der Waals surface area contributed by atoms with E-state index in [1.807, 2.05) is 32.0 Å². The molecule has 2 aliphatic rings. The summed E-state index contributed by atoms with van der Waals surface area (Å²) in [5.41, 5.74) is 4.18. The molecule has 0 bridgehead atoms.